The summed E-state index contributed by atoms with van der Waals surface area (Å²) < 4.78 is 19.5. The summed E-state index contributed by atoms with van der Waals surface area (Å²) in [7, 11) is 0. The van der Waals surface area contributed by atoms with E-state index in [-0.39, 0.29) is 11.9 Å². The first-order valence-corrected chi connectivity index (χ1v) is 7.84. The van der Waals surface area contributed by atoms with Crippen molar-refractivity contribution in [2.24, 2.45) is 5.92 Å². The van der Waals surface area contributed by atoms with Crippen LogP contribution in [0, 0.1) is 18.7 Å². The molecule has 0 amide bonds. The van der Waals surface area contributed by atoms with Crippen LogP contribution in [0.3, 0.4) is 0 Å². The molecule has 1 heterocycles. The van der Waals surface area contributed by atoms with Crippen LogP contribution in [0.25, 0.3) is 0 Å². The summed E-state index contributed by atoms with van der Waals surface area (Å²) in [5.41, 5.74) is 2.10. The standard InChI is InChI=1S/C17H24FNO/c1-12-8-14(18)6-7-16(12)17-11-19-10-15(20-17)9-13-4-2-3-5-13/h6-8,13,15,17,19H,2-5,9-11H2,1H3. The summed E-state index contributed by atoms with van der Waals surface area (Å²) in [6.45, 7) is 3.74. The van der Waals surface area contributed by atoms with Crippen LogP contribution in [0.1, 0.15) is 49.3 Å². The first kappa shape index (κ1) is 14.0. The quantitative estimate of drug-likeness (QED) is 0.908. The van der Waals surface area contributed by atoms with Crippen LogP contribution < -0.4 is 5.32 Å². The maximum absolute atomic E-state index is 13.2. The van der Waals surface area contributed by atoms with Crippen molar-refractivity contribution < 1.29 is 9.13 Å². The van der Waals surface area contributed by atoms with Gasteiger partial charge in [-0.2, -0.15) is 0 Å². The number of hydrogen-bond donors (Lipinski definition) is 1. The zero-order chi connectivity index (χ0) is 13.9. The van der Waals surface area contributed by atoms with Gasteiger partial charge in [0.2, 0.25) is 0 Å². The minimum atomic E-state index is -0.169. The Morgan fingerprint density at radius 2 is 2.05 bits per heavy atom. The highest BCUT2D eigenvalue weighted by atomic mass is 19.1. The van der Waals surface area contributed by atoms with Crippen molar-refractivity contribution in [3.63, 3.8) is 0 Å². The average molecular weight is 277 g/mol. The molecule has 1 saturated carbocycles. The molecule has 3 rings (SSSR count). The van der Waals surface area contributed by atoms with Gasteiger partial charge in [0.15, 0.2) is 0 Å². The predicted octanol–water partition coefficient (Wildman–Crippen LogP) is 3.74. The minimum absolute atomic E-state index is 0.0655. The second kappa shape index (κ2) is 6.23. The Kier molecular flexibility index (Phi) is 4.37. The molecule has 1 aliphatic carbocycles. The van der Waals surface area contributed by atoms with Crippen molar-refractivity contribution >= 4 is 0 Å². The van der Waals surface area contributed by atoms with Crippen LogP contribution in [-0.4, -0.2) is 19.2 Å². The van der Waals surface area contributed by atoms with Crippen LogP contribution in [0.5, 0.6) is 0 Å². The molecule has 20 heavy (non-hydrogen) atoms. The molecule has 1 aromatic carbocycles. The van der Waals surface area contributed by atoms with Crippen LogP contribution >= 0.6 is 0 Å². The Labute approximate surface area is 120 Å². The molecule has 1 N–H and O–H groups in total. The molecule has 110 valence electrons. The third kappa shape index (κ3) is 3.21. The van der Waals surface area contributed by atoms with E-state index in [0.29, 0.717) is 6.10 Å². The molecule has 1 saturated heterocycles. The summed E-state index contributed by atoms with van der Waals surface area (Å²) in [6, 6.07) is 5.00. The van der Waals surface area contributed by atoms with E-state index in [0.717, 1.165) is 30.1 Å². The maximum atomic E-state index is 13.2. The molecule has 0 aromatic heterocycles. The van der Waals surface area contributed by atoms with E-state index in [4.69, 9.17) is 4.74 Å². The molecule has 2 atom stereocenters. The molecule has 2 fully saturated rings. The summed E-state index contributed by atoms with van der Waals surface area (Å²) in [6.07, 6.45) is 7.03. The lowest BCUT2D eigenvalue weighted by atomic mass is 9.97. The summed E-state index contributed by atoms with van der Waals surface area (Å²) in [5, 5.41) is 3.48. The lowest BCUT2D eigenvalue weighted by Gasteiger charge is -2.33. The normalized spacial score (nSPS) is 27.9. The number of hydrogen-bond acceptors (Lipinski definition) is 2. The Bertz CT molecular complexity index is 456. The Hall–Kier alpha value is -0.930. The van der Waals surface area contributed by atoms with Crippen molar-refractivity contribution in [3.05, 3.63) is 35.1 Å². The molecule has 2 nitrogen and oxygen atoms in total. The van der Waals surface area contributed by atoms with Gasteiger partial charge >= 0.3 is 0 Å². The summed E-state index contributed by atoms with van der Waals surface area (Å²) in [4.78, 5) is 0. The van der Waals surface area contributed by atoms with Crippen molar-refractivity contribution in [1.29, 1.82) is 0 Å². The first-order valence-electron chi connectivity index (χ1n) is 7.84. The van der Waals surface area contributed by atoms with Crippen LogP contribution in [0.2, 0.25) is 0 Å². The number of halogens is 1. The summed E-state index contributed by atoms with van der Waals surface area (Å²) >= 11 is 0. The largest absolute Gasteiger partial charge is 0.368 e. The lowest BCUT2D eigenvalue weighted by Crippen LogP contribution is -2.41. The SMILES string of the molecule is Cc1cc(F)ccc1C1CNCC(CC2CCCC2)O1. The number of aryl methyl sites for hydroxylation is 1. The van der Waals surface area contributed by atoms with Gasteiger partial charge in [-0.15, -0.1) is 0 Å². The zero-order valence-electron chi connectivity index (χ0n) is 12.2. The molecule has 0 bridgehead atoms. The molecule has 1 aromatic rings. The second-order valence-corrected chi connectivity index (χ2v) is 6.29. The molecular formula is C17H24FNO. The van der Waals surface area contributed by atoms with Crippen molar-refractivity contribution in [2.75, 3.05) is 13.1 Å². The Morgan fingerprint density at radius 1 is 1.25 bits per heavy atom. The van der Waals surface area contributed by atoms with E-state index in [2.05, 4.69) is 5.32 Å². The number of rotatable bonds is 3. The van der Waals surface area contributed by atoms with E-state index in [1.807, 2.05) is 13.0 Å². The fraction of sp³-hybridized carbons (Fsp3) is 0.647. The van der Waals surface area contributed by atoms with E-state index in [1.54, 1.807) is 6.07 Å². The fourth-order valence-corrected chi connectivity index (χ4v) is 3.64. The fourth-order valence-electron chi connectivity index (χ4n) is 3.64. The number of nitrogens with one attached hydrogen (secondary N) is 1. The highest BCUT2D eigenvalue weighted by Gasteiger charge is 2.27. The van der Waals surface area contributed by atoms with Gasteiger partial charge in [0.25, 0.3) is 0 Å². The van der Waals surface area contributed by atoms with Crippen molar-refractivity contribution in [2.45, 2.75) is 51.2 Å². The van der Waals surface area contributed by atoms with Gasteiger partial charge in [-0.25, -0.2) is 4.39 Å². The first-order chi connectivity index (χ1) is 9.72. The van der Waals surface area contributed by atoms with Crippen LogP contribution in [-0.2, 0) is 4.74 Å². The Balaban J connectivity index is 1.64. The lowest BCUT2D eigenvalue weighted by molar-refractivity contribution is -0.0491. The third-order valence-corrected chi connectivity index (χ3v) is 4.71. The van der Waals surface area contributed by atoms with Gasteiger partial charge in [0.1, 0.15) is 5.82 Å². The Morgan fingerprint density at radius 3 is 2.80 bits per heavy atom. The summed E-state index contributed by atoms with van der Waals surface area (Å²) in [5.74, 6) is 0.674. The molecule has 2 aliphatic rings. The van der Waals surface area contributed by atoms with Gasteiger partial charge in [-0.1, -0.05) is 31.7 Å². The van der Waals surface area contributed by atoms with Gasteiger partial charge in [-0.05, 0) is 42.5 Å². The zero-order valence-corrected chi connectivity index (χ0v) is 12.2. The molecular weight excluding hydrogens is 253 g/mol. The van der Waals surface area contributed by atoms with Crippen LogP contribution in [0.15, 0.2) is 18.2 Å². The highest BCUT2D eigenvalue weighted by molar-refractivity contribution is 5.29. The molecule has 3 heteroatoms. The van der Waals surface area contributed by atoms with Gasteiger partial charge in [0, 0.05) is 13.1 Å². The van der Waals surface area contributed by atoms with Gasteiger partial charge in [-0.3, -0.25) is 0 Å². The third-order valence-electron chi connectivity index (χ3n) is 4.71. The maximum Gasteiger partial charge on any atom is 0.123 e. The van der Waals surface area contributed by atoms with Crippen LogP contribution in [0.4, 0.5) is 4.39 Å². The number of benzene rings is 1. The molecule has 2 unspecified atom stereocenters. The van der Waals surface area contributed by atoms with Gasteiger partial charge in [0.05, 0.1) is 12.2 Å². The van der Waals surface area contributed by atoms with E-state index in [9.17, 15) is 4.39 Å². The monoisotopic (exact) mass is 277 g/mol. The average Bonchev–Trinajstić information content (AvgIpc) is 2.92. The van der Waals surface area contributed by atoms with Crippen molar-refractivity contribution in [3.8, 4) is 0 Å². The van der Waals surface area contributed by atoms with E-state index in [1.165, 1.54) is 38.2 Å². The van der Waals surface area contributed by atoms with E-state index < -0.39 is 0 Å². The highest BCUT2D eigenvalue weighted by Crippen LogP contribution is 2.32. The number of ether oxygens (including phenoxy) is 1. The topological polar surface area (TPSA) is 21.3 Å². The van der Waals surface area contributed by atoms with Crippen molar-refractivity contribution in [1.82, 2.24) is 5.32 Å². The predicted molar refractivity (Wildman–Crippen MR) is 78.2 cm³/mol. The smallest absolute Gasteiger partial charge is 0.123 e. The van der Waals surface area contributed by atoms with E-state index >= 15 is 0 Å². The molecule has 0 spiro atoms. The minimum Gasteiger partial charge on any atom is -0.368 e. The number of morpholine rings is 1. The van der Waals surface area contributed by atoms with Gasteiger partial charge < -0.3 is 10.1 Å². The molecule has 1 aliphatic heterocycles. The molecule has 0 radical (unpaired) electrons. The second-order valence-electron chi connectivity index (χ2n) is 6.29.